The number of ether oxygens (including phenoxy) is 1. The fraction of sp³-hybridized carbons (Fsp3) is 0.333. The second kappa shape index (κ2) is 5.66. The van der Waals surface area contributed by atoms with Gasteiger partial charge < -0.3 is 15.0 Å². The number of anilines is 1. The van der Waals surface area contributed by atoms with E-state index in [-0.39, 0.29) is 17.9 Å². The van der Waals surface area contributed by atoms with Crippen molar-refractivity contribution in [1.82, 2.24) is 10.3 Å². The summed E-state index contributed by atoms with van der Waals surface area (Å²) in [6.07, 6.45) is 4.40. The number of likely N-dealkylation sites (N-methyl/N-ethyl adjacent to an activating group) is 1. The molecular weight excluding hydrogens is 290 g/mol. The number of hydrogen-bond acceptors (Lipinski definition) is 4. The Morgan fingerprint density at radius 2 is 2.09 bits per heavy atom. The quantitative estimate of drug-likeness (QED) is 0.938. The fourth-order valence-electron chi connectivity index (χ4n) is 3.16. The highest BCUT2D eigenvalue weighted by Gasteiger charge is 2.32. The van der Waals surface area contributed by atoms with Crippen LogP contribution in [0, 0.1) is 0 Å². The summed E-state index contributed by atoms with van der Waals surface area (Å²) in [7, 11) is 1.83. The van der Waals surface area contributed by atoms with Crippen molar-refractivity contribution in [3.63, 3.8) is 0 Å². The Hall–Kier alpha value is -2.40. The number of aromatic nitrogens is 1. The van der Waals surface area contributed by atoms with Crippen LogP contribution in [-0.4, -0.2) is 37.1 Å². The second-order valence-corrected chi connectivity index (χ2v) is 6.13. The maximum absolute atomic E-state index is 12.7. The zero-order valence-electron chi connectivity index (χ0n) is 13.0. The molecule has 3 heterocycles. The summed E-state index contributed by atoms with van der Waals surface area (Å²) in [6, 6.07) is 10.0. The summed E-state index contributed by atoms with van der Waals surface area (Å²) in [5.74, 6) is 0.640. The molecule has 1 unspecified atom stereocenters. The maximum atomic E-state index is 12.7. The highest BCUT2D eigenvalue weighted by atomic mass is 16.5. The Labute approximate surface area is 135 Å². The molecule has 0 saturated carbocycles. The smallest absolute Gasteiger partial charge is 0.234 e. The van der Waals surface area contributed by atoms with Crippen LogP contribution >= 0.6 is 0 Å². The molecule has 5 heteroatoms. The van der Waals surface area contributed by atoms with E-state index in [1.54, 1.807) is 17.3 Å². The number of carbonyl (C=O) groups excluding carboxylic acids is 1. The first-order chi connectivity index (χ1) is 11.2. The molecule has 1 saturated heterocycles. The zero-order valence-corrected chi connectivity index (χ0v) is 13.0. The highest BCUT2D eigenvalue weighted by Crippen LogP contribution is 2.35. The van der Waals surface area contributed by atoms with Crippen molar-refractivity contribution < 1.29 is 9.53 Å². The number of hydrogen-bond donors (Lipinski definition) is 1. The van der Waals surface area contributed by atoms with Gasteiger partial charge in [0.15, 0.2) is 0 Å². The van der Waals surface area contributed by atoms with Gasteiger partial charge in [-0.15, -0.1) is 0 Å². The van der Waals surface area contributed by atoms with Crippen molar-refractivity contribution in [1.29, 1.82) is 0 Å². The molecule has 1 amide bonds. The molecule has 1 aromatic carbocycles. The Balaban J connectivity index is 1.62. The minimum absolute atomic E-state index is 0.105. The molecular formula is C18H19N3O2. The van der Waals surface area contributed by atoms with Crippen molar-refractivity contribution in [3.8, 4) is 5.75 Å². The van der Waals surface area contributed by atoms with Crippen LogP contribution in [0.4, 0.5) is 5.69 Å². The number of para-hydroxylation sites is 1. The van der Waals surface area contributed by atoms with Crippen LogP contribution in [0.25, 0.3) is 0 Å². The van der Waals surface area contributed by atoms with Crippen LogP contribution in [0.15, 0.2) is 42.7 Å². The topological polar surface area (TPSA) is 54.5 Å². The van der Waals surface area contributed by atoms with E-state index < -0.39 is 0 Å². The Bertz CT molecular complexity index is 743. The van der Waals surface area contributed by atoms with Crippen LogP contribution in [-0.2, 0) is 11.2 Å². The molecule has 23 heavy (non-hydrogen) atoms. The summed E-state index contributed by atoms with van der Waals surface area (Å²) >= 11 is 0. The van der Waals surface area contributed by atoms with Crippen LogP contribution in [0.3, 0.4) is 0 Å². The number of pyridine rings is 1. The largest absolute Gasteiger partial charge is 0.486 e. The molecule has 5 nitrogen and oxygen atoms in total. The Kier molecular flexibility index (Phi) is 3.50. The number of fused-ring (bicyclic) bond motifs is 1. The van der Waals surface area contributed by atoms with Gasteiger partial charge in [-0.1, -0.05) is 18.2 Å². The predicted molar refractivity (Wildman–Crippen MR) is 87.8 cm³/mol. The molecule has 0 radical (unpaired) electrons. The number of nitrogens with one attached hydrogen (secondary N) is 1. The van der Waals surface area contributed by atoms with E-state index in [4.69, 9.17) is 4.74 Å². The number of amides is 1. The summed E-state index contributed by atoms with van der Waals surface area (Å²) in [4.78, 5) is 18.8. The molecule has 1 N–H and O–H groups in total. The average Bonchev–Trinajstić information content (AvgIpc) is 2.55. The minimum atomic E-state index is -0.203. The fourth-order valence-corrected chi connectivity index (χ4v) is 3.16. The summed E-state index contributed by atoms with van der Waals surface area (Å²) in [6.45, 7) is 1.73. The third-order valence-electron chi connectivity index (χ3n) is 4.59. The molecule has 0 aliphatic carbocycles. The first-order valence-corrected chi connectivity index (χ1v) is 7.90. The molecule has 0 spiro atoms. The molecule has 2 aliphatic heterocycles. The van der Waals surface area contributed by atoms with Crippen molar-refractivity contribution in [3.05, 3.63) is 53.9 Å². The zero-order chi connectivity index (χ0) is 15.8. The SMILES string of the molecule is CN1C(=O)C(c2cncc(OC3CNC3)c2)Cc2ccccc21. The summed E-state index contributed by atoms with van der Waals surface area (Å²) in [5, 5.41) is 3.18. The van der Waals surface area contributed by atoms with Crippen molar-refractivity contribution >= 4 is 11.6 Å². The number of benzene rings is 1. The van der Waals surface area contributed by atoms with E-state index in [2.05, 4.69) is 16.4 Å². The minimum Gasteiger partial charge on any atom is -0.486 e. The molecule has 1 fully saturated rings. The van der Waals surface area contributed by atoms with Crippen LogP contribution in [0.5, 0.6) is 5.75 Å². The lowest BCUT2D eigenvalue weighted by atomic mass is 9.87. The lowest BCUT2D eigenvalue weighted by Crippen LogP contribution is -2.50. The van der Waals surface area contributed by atoms with Gasteiger partial charge in [-0.2, -0.15) is 0 Å². The Morgan fingerprint density at radius 1 is 1.26 bits per heavy atom. The molecule has 1 aromatic heterocycles. The molecule has 4 rings (SSSR count). The van der Waals surface area contributed by atoms with Crippen molar-refractivity contribution in [2.24, 2.45) is 0 Å². The Morgan fingerprint density at radius 3 is 2.87 bits per heavy atom. The van der Waals surface area contributed by atoms with E-state index in [9.17, 15) is 4.79 Å². The van der Waals surface area contributed by atoms with Gasteiger partial charge >= 0.3 is 0 Å². The molecule has 2 aliphatic rings. The normalized spacial score (nSPS) is 20.8. The molecule has 1 atom stereocenters. The van der Waals surface area contributed by atoms with Crippen LogP contribution in [0.2, 0.25) is 0 Å². The standard InChI is InChI=1S/C18H19N3O2/c1-21-17-5-3-2-4-12(17)7-16(18(21)22)13-6-14(9-19-8-13)23-15-10-20-11-15/h2-6,8-9,15-16,20H,7,10-11H2,1H3. The lowest BCUT2D eigenvalue weighted by molar-refractivity contribution is -0.120. The summed E-state index contributed by atoms with van der Waals surface area (Å²) < 4.78 is 5.86. The van der Waals surface area contributed by atoms with Gasteiger partial charge in [0.1, 0.15) is 11.9 Å². The predicted octanol–water partition coefficient (Wildman–Crippen LogP) is 1.73. The van der Waals surface area contributed by atoms with Gasteiger partial charge in [0.25, 0.3) is 0 Å². The average molecular weight is 309 g/mol. The van der Waals surface area contributed by atoms with Crippen molar-refractivity contribution in [2.75, 3.05) is 25.0 Å². The monoisotopic (exact) mass is 309 g/mol. The third kappa shape index (κ3) is 2.57. The molecule has 2 aromatic rings. The van der Waals surface area contributed by atoms with Gasteiger partial charge in [0, 0.05) is 32.0 Å². The molecule has 118 valence electrons. The van der Waals surface area contributed by atoms with E-state index >= 15 is 0 Å². The number of nitrogens with zero attached hydrogens (tertiary/aromatic N) is 2. The van der Waals surface area contributed by atoms with Gasteiger partial charge in [-0.05, 0) is 29.7 Å². The first kappa shape index (κ1) is 14.2. The van der Waals surface area contributed by atoms with Crippen LogP contribution in [0.1, 0.15) is 17.0 Å². The third-order valence-corrected chi connectivity index (χ3v) is 4.59. The first-order valence-electron chi connectivity index (χ1n) is 7.90. The molecule has 0 bridgehead atoms. The second-order valence-electron chi connectivity index (χ2n) is 6.13. The van der Waals surface area contributed by atoms with Gasteiger partial charge in [-0.3, -0.25) is 9.78 Å². The van der Waals surface area contributed by atoms with E-state index in [1.165, 1.54) is 5.56 Å². The number of rotatable bonds is 3. The van der Waals surface area contributed by atoms with Gasteiger partial charge in [0.05, 0.1) is 12.1 Å². The van der Waals surface area contributed by atoms with Gasteiger partial charge in [-0.25, -0.2) is 0 Å². The van der Waals surface area contributed by atoms with E-state index in [1.807, 2.05) is 31.3 Å². The highest BCUT2D eigenvalue weighted by molar-refractivity contribution is 6.00. The number of carbonyl (C=O) groups is 1. The maximum Gasteiger partial charge on any atom is 0.234 e. The van der Waals surface area contributed by atoms with E-state index in [0.29, 0.717) is 6.42 Å². The van der Waals surface area contributed by atoms with Crippen molar-refractivity contribution in [2.45, 2.75) is 18.4 Å². The van der Waals surface area contributed by atoms with E-state index in [0.717, 1.165) is 30.1 Å². The lowest BCUT2D eigenvalue weighted by Gasteiger charge is -2.32. The van der Waals surface area contributed by atoms with Crippen LogP contribution < -0.4 is 15.0 Å². The summed E-state index contributed by atoms with van der Waals surface area (Å²) in [5.41, 5.74) is 3.10. The van der Waals surface area contributed by atoms with Gasteiger partial charge in [0.2, 0.25) is 5.91 Å².